The molecule has 0 spiro atoms. The van der Waals surface area contributed by atoms with E-state index >= 15 is 0 Å². The van der Waals surface area contributed by atoms with Gasteiger partial charge in [-0.25, -0.2) is 4.89 Å². The zero-order valence-electron chi connectivity index (χ0n) is 5.41. The Hall–Kier alpha value is -0.650. The number of rotatable bonds is 0. The van der Waals surface area contributed by atoms with Crippen molar-refractivity contribution in [1.82, 2.24) is 0 Å². The molecule has 1 heterocycles. The summed E-state index contributed by atoms with van der Waals surface area (Å²) in [6, 6.07) is 8.03. The highest BCUT2D eigenvalue weighted by Gasteiger charge is 2.08. The Morgan fingerprint density at radius 2 is 1.50 bits per heavy atom. The molecule has 0 atom stereocenters. The summed E-state index contributed by atoms with van der Waals surface area (Å²) in [4.78, 5) is 9.24. The van der Waals surface area contributed by atoms with Gasteiger partial charge in [-0.2, -0.15) is 0 Å². The summed E-state index contributed by atoms with van der Waals surface area (Å²) in [7, 11) is -1.26. The van der Waals surface area contributed by atoms with Crippen LogP contribution in [0.5, 0.6) is 0 Å². The number of hydrogen-bond donors (Lipinski definition) is 1. The minimum Gasteiger partial charge on any atom is -0.244 e. The van der Waals surface area contributed by atoms with E-state index in [-0.39, 0.29) is 0 Å². The average molecular weight is 151 g/mol. The zero-order valence-corrected chi connectivity index (χ0v) is 6.41. The maximum atomic E-state index is 9.24. The van der Waals surface area contributed by atoms with Gasteiger partial charge in [0.05, 0.1) is 11.6 Å². The lowest BCUT2D eigenvalue weighted by Crippen LogP contribution is -2.19. The van der Waals surface area contributed by atoms with Crippen molar-refractivity contribution < 1.29 is 4.89 Å². The Kier molecular flexibility index (Phi) is 1.33. The van der Waals surface area contributed by atoms with Crippen LogP contribution in [0.4, 0.5) is 0 Å². The van der Waals surface area contributed by atoms with Crippen LogP contribution in [0.15, 0.2) is 24.3 Å². The van der Waals surface area contributed by atoms with Crippen LogP contribution in [-0.2, 0) is 0 Å². The average Bonchev–Trinajstić information content (AvgIpc) is 2.27. The van der Waals surface area contributed by atoms with E-state index in [2.05, 4.69) is 0 Å². The van der Waals surface area contributed by atoms with Crippen molar-refractivity contribution in [3.8, 4) is 0 Å². The third kappa shape index (κ3) is 0.880. The first kappa shape index (κ1) is 6.09. The molecule has 0 saturated heterocycles. The molecule has 1 aliphatic heterocycles. The van der Waals surface area contributed by atoms with Crippen LogP contribution in [0.25, 0.3) is 11.6 Å². The standard InChI is InChI=1S/C8H7OP/c9-10-5-7-3-1-2-4-8(7)6-10/h1-6,9H/p+1. The van der Waals surface area contributed by atoms with Gasteiger partial charge in [0.1, 0.15) is 0 Å². The van der Waals surface area contributed by atoms with E-state index < -0.39 is 8.15 Å². The van der Waals surface area contributed by atoms with E-state index in [1.54, 1.807) is 0 Å². The van der Waals surface area contributed by atoms with E-state index in [1.807, 2.05) is 35.9 Å². The minimum atomic E-state index is -1.26. The summed E-state index contributed by atoms with van der Waals surface area (Å²) in [6.07, 6.45) is 0. The molecule has 2 rings (SSSR count). The molecule has 1 aliphatic rings. The van der Waals surface area contributed by atoms with Crippen molar-refractivity contribution in [2.75, 3.05) is 0 Å². The summed E-state index contributed by atoms with van der Waals surface area (Å²) in [5.74, 6) is 3.89. The van der Waals surface area contributed by atoms with Crippen molar-refractivity contribution in [1.29, 1.82) is 0 Å². The third-order valence-corrected chi connectivity index (χ3v) is 2.82. The molecule has 0 bridgehead atoms. The topological polar surface area (TPSA) is 20.2 Å². The molecule has 0 fully saturated rings. The predicted molar refractivity (Wildman–Crippen MR) is 45.2 cm³/mol. The van der Waals surface area contributed by atoms with Crippen molar-refractivity contribution in [2.45, 2.75) is 0 Å². The van der Waals surface area contributed by atoms with Gasteiger partial charge in [-0.05, 0) is 0 Å². The van der Waals surface area contributed by atoms with Gasteiger partial charge >= 0.3 is 0 Å². The van der Waals surface area contributed by atoms with Crippen molar-refractivity contribution >= 4 is 19.8 Å². The summed E-state index contributed by atoms with van der Waals surface area (Å²) in [6.45, 7) is 0. The van der Waals surface area contributed by atoms with E-state index in [0.717, 1.165) is 0 Å². The molecule has 0 saturated carbocycles. The van der Waals surface area contributed by atoms with Crippen LogP contribution in [0, 0.1) is 0 Å². The van der Waals surface area contributed by atoms with Crippen LogP contribution in [0.2, 0.25) is 0 Å². The highest BCUT2D eigenvalue weighted by Crippen LogP contribution is 2.34. The predicted octanol–water partition coefficient (Wildman–Crippen LogP) is 0.298. The van der Waals surface area contributed by atoms with Gasteiger partial charge in [0.2, 0.25) is 0 Å². The molecule has 2 heteroatoms. The zero-order chi connectivity index (χ0) is 6.97. The molecular formula is C8H8OP+. The van der Waals surface area contributed by atoms with E-state index in [4.69, 9.17) is 0 Å². The molecule has 1 nitrogen and oxygen atoms in total. The van der Waals surface area contributed by atoms with Gasteiger partial charge in [-0.15, -0.1) is 0 Å². The highest BCUT2D eigenvalue weighted by atomic mass is 31.1. The molecule has 1 N–H and O–H groups in total. The number of fused-ring (bicyclic) bond motifs is 1. The van der Waals surface area contributed by atoms with Crippen LogP contribution in [0.1, 0.15) is 0 Å². The fourth-order valence-corrected chi connectivity index (χ4v) is 2.38. The molecule has 0 aliphatic carbocycles. The Morgan fingerprint density at radius 1 is 1.00 bits per heavy atom. The second-order valence-corrected chi connectivity index (χ2v) is 3.77. The maximum absolute atomic E-state index is 9.24. The number of benzene rings is 1. The molecular weight excluding hydrogens is 143 g/mol. The third-order valence-electron chi connectivity index (χ3n) is 1.60. The Balaban J connectivity index is 2.83. The second-order valence-electron chi connectivity index (χ2n) is 2.34. The first-order valence-corrected chi connectivity index (χ1v) is 4.81. The Morgan fingerprint density at radius 3 is 2.00 bits per heavy atom. The van der Waals surface area contributed by atoms with Crippen LogP contribution < -0.4 is 10.4 Å². The molecule has 10 heavy (non-hydrogen) atoms. The maximum Gasteiger partial charge on any atom is 0.180 e. The molecule has 0 amide bonds. The van der Waals surface area contributed by atoms with Gasteiger partial charge < -0.3 is 0 Å². The van der Waals surface area contributed by atoms with Crippen LogP contribution >= 0.6 is 8.15 Å². The SMILES string of the molecule is O[PH+]1C=c2ccccc2=C1. The molecule has 50 valence electrons. The Bertz CT molecular complexity index is 321. The lowest BCUT2D eigenvalue weighted by atomic mass is 10.3. The lowest BCUT2D eigenvalue weighted by molar-refractivity contribution is 0.648. The fraction of sp³-hybridized carbons (Fsp3) is 0. The van der Waals surface area contributed by atoms with Gasteiger partial charge in [-0.3, -0.25) is 0 Å². The smallest absolute Gasteiger partial charge is 0.180 e. The van der Waals surface area contributed by atoms with Crippen molar-refractivity contribution in [3.63, 3.8) is 0 Å². The van der Waals surface area contributed by atoms with Gasteiger partial charge in [0.25, 0.3) is 0 Å². The highest BCUT2D eigenvalue weighted by molar-refractivity contribution is 7.68. The van der Waals surface area contributed by atoms with Gasteiger partial charge in [-0.1, -0.05) is 24.3 Å². The molecule has 1 aromatic carbocycles. The van der Waals surface area contributed by atoms with Gasteiger partial charge in [0, 0.05) is 10.4 Å². The minimum absolute atomic E-state index is 1.18. The summed E-state index contributed by atoms with van der Waals surface area (Å²) < 4.78 is 0. The van der Waals surface area contributed by atoms with E-state index in [1.165, 1.54) is 10.4 Å². The van der Waals surface area contributed by atoms with Gasteiger partial charge in [0.15, 0.2) is 8.15 Å². The number of hydrogen-bond acceptors (Lipinski definition) is 1. The Labute approximate surface area is 60.2 Å². The lowest BCUT2D eigenvalue weighted by Gasteiger charge is -1.76. The van der Waals surface area contributed by atoms with Crippen molar-refractivity contribution in [3.05, 3.63) is 34.7 Å². The summed E-state index contributed by atoms with van der Waals surface area (Å²) >= 11 is 0. The molecule has 0 unspecified atom stereocenters. The summed E-state index contributed by atoms with van der Waals surface area (Å²) in [5, 5.41) is 2.36. The first-order chi connectivity index (χ1) is 4.86. The van der Waals surface area contributed by atoms with Crippen LogP contribution in [0.3, 0.4) is 0 Å². The second kappa shape index (κ2) is 2.19. The van der Waals surface area contributed by atoms with E-state index in [0.29, 0.717) is 0 Å². The molecule has 0 aromatic heterocycles. The molecule has 1 aromatic rings. The fourth-order valence-electron chi connectivity index (χ4n) is 1.13. The summed E-state index contributed by atoms with van der Waals surface area (Å²) in [5.41, 5.74) is 0. The largest absolute Gasteiger partial charge is 0.244 e. The van der Waals surface area contributed by atoms with Crippen LogP contribution in [-0.4, -0.2) is 4.89 Å². The quantitative estimate of drug-likeness (QED) is 0.528. The van der Waals surface area contributed by atoms with E-state index in [9.17, 15) is 4.89 Å². The van der Waals surface area contributed by atoms with Crippen molar-refractivity contribution in [2.24, 2.45) is 0 Å². The normalized spacial score (nSPS) is 15.7. The monoisotopic (exact) mass is 151 g/mol. The first-order valence-electron chi connectivity index (χ1n) is 3.21. The molecule has 0 radical (unpaired) electrons.